The Kier molecular flexibility index (Phi) is 5.04. The van der Waals surface area contributed by atoms with Gasteiger partial charge in [0.1, 0.15) is 0 Å². The first-order chi connectivity index (χ1) is 6.20. The number of quaternary nitrogens is 1. The summed E-state index contributed by atoms with van der Waals surface area (Å²) in [4.78, 5) is 10.1. The summed E-state index contributed by atoms with van der Waals surface area (Å²) in [6.45, 7) is 0.360. The number of aliphatic hydroxyl groups is 1. The highest BCUT2D eigenvalue weighted by atomic mass is 16.4. The molecule has 1 heterocycles. The van der Waals surface area contributed by atoms with Crippen molar-refractivity contribution >= 4 is 5.97 Å². The van der Waals surface area contributed by atoms with E-state index in [2.05, 4.69) is 33.5 Å². The van der Waals surface area contributed by atoms with Crippen molar-refractivity contribution in [2.45, 2.75) is 18.6 Å². The average molecular weight is 204 g/mol. The molecule has 1 aliphatic rings. The number of carboxylic acid groups (broad SMARTS) is 1. The zero-order valence-electron chi connectivity index (χ0n) is 9.28. The topological polar surface area (TPSA) is 72.4 Å². The van der Waals surface area contributed by atoms with Crippen molar-refractivity contribution in [2.24, 2.45) is 0 Å². The Balaban J connectivity index is 0.000000292. The fourth-order valence-electron chi connectivity index (χ4n) is 0.897. The van der Waals surface area contributed by atoms with Crippen LogP contribution in [0, 0.1) is 0 Å². The first kappa shape index (κ1) is 13.4. The minimum Gasteiger partial charge on any atom is -0.548 e. The van der Waals surface area contributed by atoms with Crippen molar-refractivity contribution in [3.63, 3.8) is 0 Å². The Morgan fingerprint density at radius 3 is 2.00 bits per heavy atom. The molecule has 1 fully saturated rings. The largest absolute Gasteiger partial charge is 0.548 e. The molecule has 0 unspecified atom stereocenters. The smallest absolute Gasteiger partial charge is 0.0683 e. The molecule has 0 aromatic heterocycles. The molecule has 0 aliphatic carbocycles. The third-order valence-corrected chi connectivity index (χ3v) is 1.39. The maximum Gasteiger partial charge on any atom is 0.0683 e. The second-order valence-corrected chi connectivity index (χ2v) is 4.85. The molecule has 0 amide bonds. The minimum absolute atomic E-state index is 0.266. The van der Waals surface area contributed by atoms with Crippen LogP contribution in [0.2, 0.25) is 0 Å². The lowest BCUT2D eigenvalue weighted by Crippen LogP contribution is -2.41. The highest BCUT2D eigenvalue weighted by Crippen LogP contribution is 2.04. The third-order valence-electron chi connectivity index (χ3n) is 1.39. The van der Waals surface area contributed by atoms with Crippen molar-refractivity contribution in [1.29, 1.82) is 0 Å². The summed E-state index contributed by atoms with van der Waals surface area (Å²) in [7, 11) is 8.50. The summed E-state index contributed by atoms with van der Waals surface area (Å²) in [5, 5.41) is 21.5. The Labute approximate surface area is 84.9 Å². The Morgan fingerprint density at radius 1 is 1.43 bits per heavy atom. The van der Waals surface area contributed by atoms with E-state index in [1.165, 1.54) is 0 Å². The molecule has 2 atom stereocenters. The van der Waals surface area contributed by atoms with E-state index in [1.807, 2.05) is 0 Å². The van der Waals surface area contributed by atoms with Crippen LogP contribution in [0.5, 0.6) is 0 Å². The molecule has 5 nitrogen and oxygen atoms in total. The zero-order chi connectivity index (χ0) is 11.4. The summed E-state index contributed by atoms with van der Waals surface area (Å²) >= 11 is 0. The molecule has 0 bridgehead atoms. The van der Waals surface area contributed by atoms with E-state index >= 15 is 0 Å². The monoisotopic (exact) mass is 204 g/mol. The van der Waals surface area contributed by atoms with Gasteiger partial charge in [0.2, 0.25) is 0 Å². The second kappa shape index (κ2) is 5.29. The van der Waals surface area contributed by atoms with Crippen LogP contribution in [0.3, 0.4) is 0 Å². The van der Waals surface area contributed by atoms with Gasteiger partial charge in [0, 0.05) is 12.6 Å². The van der Waals surface area contributed by atoms with Crippen molar-refractivity contribution < 1.29 is 19.5 Å². The Hall–Kier alpha value is -0.650. The van der Waals surface area contributed by atoms with Gasteiger partial charge in [0.05, 0.1) is 40.3 Å². The van der Waals surface area contributed by atoms with Crippen LogP contribution in [0.1, 0.15) is 6.42 Å². The molecule has 0 aromatic carbocycles. The van der Waals surface area contributed by atoms with Crippen LogP contribution in [-0.4, -0.2) is 62.4 Å². The van der Waals surface area contributed by atoms with E-state index in [-0.39, 0.29) is 6.42 Å². The van der Waals surface area contributed by atoms with Crippen LogP contribution in [0.15, 0.2) is 0 Å². The van der Waals surface area contributed by atoms with Gasteiger partial charge in [-0.1, -0.05) is 0 Å². The number of rotatable bonds is 1. The van der Waals surface area contributed by atoms with Gasteiger partial charge in [0.15, 0.2) is 0 Å². The fraction of sp³-hybridized carbons (Fsp3) is 0.889. The molecule has 0 saturated carbocycles. The summed E-state index contributed by atoms with van der Waals surface area (Å²) in [5.41, 5.74) is 0. The summed E-state index contributed by atoms with van der Waals surface area (Å²) in [6, 6.07) is -0.653. The van der Waals surface area contributed by atoms with Gasteiger partial charge < -0.3 is 24.8 Å². The number of hydrogen-bond acceptors (Lipinski definition) is 4. The lowest BCUT2D eigenvalue weighted by molar-refractivity contribution is -0.849. The van der Waals surface area contributed by atoms with Gasteiger partial charge in [-0.3, -0.25) is 0 Å². The number of carbonyl (C=O) groups is 1. The second-order valence-electron chi connectivity index (χ2n) is 4.85. The average Bonchev–Trinajstić information content (AvgIpc) is 2.31. The highest BCUT2D eigenvalue weighted by molar-refractivity contribution is 5.71. The van der Waals surface area contributed by atoms with Gasteiger partial charge >= 0.3 is 0 Å². The zero-order valence-corrected chi connectivity index (χ0v) is 9.28. The van der Waals surface area contributed by atoms with Crippen LogP contribution in [-0.2, 0) is 4.79 Å². The number of nitrogens with zero attached hydrogens (tertiary/aromatic N) is 1. The quantitative estimate of drug-likeness (QED) is 0.475. The van der Waals surface area contributed by atoms with Crippen LogP contribution >= 0.6 is 0 Å². The van der Waals surface area contributed by atoms with Crippen molar-refractivity contribution in [2.75, 3.05) is 34.7 Å². The number of aliphatic carboxylic acids is 1. The molecule has 0 radical (unpaired) electrons. The molecule has 0 aromatic rings. The SMILES string of the molecule is C[N+](C)(C)C.O=C([O-])[C@@H]1C[C@H](O)CN1. The Morgan fingerprint density at radius 2 is 1.86 bits per heavy atom. The van der Waals surface area contributed by atoms with Crippen molar-refractivity contribution in [3.05, 3.63) is 0 Å². The van der Waals surface area contributed by atoms with E-state index in [0.717, 1.165) is 4.48 Å². The number of hydrogen-bond donors (Lipinski definition) is 2. The van der Waals surface area contributed by atoms with E-state index in [9.17, 15) is 9.90 Å². The predicted octanol–water partition coefficient (Wildman–Crippen LogP) is -2.22. The fourth-order valence-corrected chi connectivity index (χ4v) is 0.897. The van der Waals surface area contributed by atoms with Gasteiger partial charge in [-0.2, -0.15) is 0 Å². The molecule has 84 valence electrons. The number of nitrogens with one attached hydrogen (secondary N) is 1. The highest BCUT2D eigenvalue weighted by Gasteiger charge is 2.22. The number of carbonyl (C=O) groups excluding carboxylic acids is 1. The normalized spacial score (nSPS) is 26.6. The van der Waals surface area contributed by atoms with Crippen molar-refractivity contribution in [3.8, 4) is 0 Å². The molecular formula is C9H20N2O3. The summed E-state index contributed by atoms with van der Waals surface area (Å²) in [6.07, 6.45) is -0.254. The molecule has 2 N–H and O–H groups in total. The van der Waals surface area contributed by atoms with Gasteiger partial charge in [-0.15, -0.1) is 0 Å². The molecule has 1 aliphatic heterocycles. The molecule has 5 heteroatoms. The van der Waals surface area contributed by atoms with Crippen LogP contribution in [0.4, 0.5) is 0 Å². The van der Waals surface area contributed by atoms with Crippen LogP contribution in [0.25, 0.3) is 0 Å². The lowest BCUT2D eigenvalue weighted by atomic mass is 10.2. The van der Waals surface area contributed by atoms with Crippen molar-refractivity contribution in [1.82, 2.24) is 5.32 Å². The molecule has 14 heavy (non-hydrogen) atoms. The minimum atomic E-state index is -1.13. The maximum absolute atomic E-state index is 10.1. The number of carboxylic acids is 1. The molecule has 0 spiro atoms. The molecule has 1 saturated heterocycles. The van der Waals surface area contributed by atoms with E-state index in [0.29, 0.717) is 6.54 Å². The first-order valence-electron chi connectivity index (χ1n) is 4.61. The summed E-state index contributed by atoms with van der Waals surface area (Å²) in [5.74, 6) is -1.13. The maximum atomic E-state index is 10.1. The lowest BCUT2D eigenvalue weighted by Gasteiger charge is -2.14. The standard InChI is InChI=1S/C5H9NO3.C4H12N/c7-3-1-4(5(8)9)6-2-3;1-5(2,3)4/h3-4,6-7H,1-2H2,(H,8,9);1-4H3/q;+1/p-1/t3-,4-;/m0./s1. The van der Waals surface area contributed by atoms with E-state index in [1.54, 1.807) is 0 Å². The van der Waals surface area contributed by atoms with Crippen LogP contribution < -0.4 is 10.4 Å². The van der Waals surface area contributed by atoms with E-state index < -0.39 is 18.1 Å². The first-order valence-corrected chi connectivity index (χ1v) is 4.61. The predicted molar refractivity (Wildman–Crippen MR) is 51.4 cm³/mol. The van der Waals surface area contributed by atoms with Gasteiger partial charge in [-0.25, -0.2) is 0 Å². The van der Waals surface area contributed by atoms with Gasteiger partial charge in [-0.05, 0) is 6.42 Å². The number of aliphatic hydroxyl groups excluding tert-OH is 1. The molecular weight excluding hydrogens is 184 g/mol. The Bertz CT molecular complexity index is 183. The molecule has 1 rings (SSSR count). The van der Waals surface area contributed by atoms with E-state index in [4.69, 9.17) is 5.11 Å². The number of β-amino-alcohol motifs (C(OH)–C–C–N with tert-alkyl or cyclic N) is 1. The third kappa shape index (κ3) is 7.97. The van der Waals surface area contributed by atoms with Gasteiger partial charge in [0.25, 0.3) is 0 Å². The summed E-state index contributed by atoms with van der Waals surface area (Å²) < 4.78 is 1.00.